The Morgan fingerprint density at radius 3 is 2.67 bits per heavy atom. The van der Waals surface area contributed by atoms with E-state index in [1.165, 1.54) is 21.2 Å². The van der Waals surface area contributed by atoms with Crippen molar-refractivity contribution in [3.05, 3.63) is 65.8 Å². The summed E-state index contributed by atoms with van der Waals surface area (Å²) in [4.78, 5) is 1.25. The maximum absolute atomic E-state index is 4.89. The predicted octanol–water partition coefficient (Wildman–Crippen LogP) is 5.00. The van der Waals surface area contributed by atoms with Gasteiger partial charge in [0.05, 0.1) is 13.4 Å². The molecule has 0 saturated carbocycles. The van der Waals surface area contributed by atoms with E-state index in [9.17, 15) is 0 Å². The number of hydrogen-bond acceptors (Lipinski definition) is 2. The molecule has 2 heteroatoms. The fourth-order valence-electron chi connectivity index (χ4n) is 1.62. The van der Waals surface area contributed by atoms with Gasteiger partial charge in [0.15, 0.2) is 0 Å². The van der Waals surface area contributed by atoms with Crippen LogP contribution in [0.25, 0.3) is 10.8 Å². The lowest BCUT2D eigenvalue weighted by Crippen LogP contribution is -1.74. The molecule has 0 aliphatic rings. The van der Waals surface area contributed by atoms with E-state index in [4.69, 9.17) is 4.74 Å². The number of allylic oxidation sites excluding steroid dienone is 2. The van der Waals surface area contributed by atoms with Crippen LogP contribution in [0.1, 0.15) is 6.92 Å². The van der Waals surface area contributed by atoms with E-state index in [2.05, 4.69) is 54.8 Å². The summed E-state index contributed by atoms with van der Waals surface area (Å²) in [7, 11) is 1.65. The van der Waals surface area contributed by atoms with Gasteiger partial charge >= 0.3 is 0 Å². The number of thioether (sulfide) groups is 1. The summed E-state index contributed by atoms with van der Waals surface area (Å²) in [6.45, 7) is 2.06. The minimum atomic E-state index is 1.18. The Morgan fingerprint density at radius 2 is 1.89 bits per heavy atom. The number of benzene rings is 2. The molecule has 0 atom stereocenters. The molecule has 0 spiro atoms. The Bertz CT molecular complexity index is 584. The van der Waals surface area contributed by atoms with Gasteiger partial charge in [0, 0.05) is 4.90 Å². The summed E-state index contributed by atoms with van der Waals surface area (Å²) in [5.74, 6) is 0. The summed E-state index contributed by atoms with van der Waals surface area (Å²) < 4.78 is 4.89. The summed E-state index contributed by atoms with van der Waals surface area (Å²) >= 11 is 1.72. The van der Waals surface area contributed by atoms with Gasteiger partial charge in [-0.2, -0.15) is 0 Å². The van der Waals surface area contributed by atoms with Gasteiger partial charge in [0.2, 0.25) is 0 Å². The Kier molecular flexibility index (Phi) is 4.48. The van der Waals surface area contributed by atoms with Crippen molar-refractivity contribution >= 4 is 22.5 Å². The molecule has 0 fully saturated rings. The molecule has 1 nitrogen and oxygen atoms in total. The summed E-state index contributed by atoms with van der Waals surface area (Å²) in [5, 5.41) is 4.68. The van der Waals surface area contributed by atoms with E-state index in [0.29, 0.717) is 0 Å². The molecule has 2 aromatic carbocycles. The average Bonchev–Trinajstić information content (AvgIpc) is 2.42. The van der Waals surface area contributed by atoms with Crippen LogP contribution in [0.3, 0.4) is 0 Å². The zero-order chi connectivity index (χ0) is 12.8. The topological polar surface area (TPSA) is 9.23 Å². The van der Waals surface area contributed by atoms with E-state index >= 15 is 0 Å². The summed E-state index contributed by atoms with van der Waals surface area (Å²) in [5.41, 5.74) is 1.18. The molecular formula is C16H16OS. The van der Waals surface area contributed by atoms with Gasteiger partial charge in [0.25, 0.3) is 0 Å². The molecule has 0 radical (unpaired) electrons. The van der Waals surface area contributed by atoms with Gasteiger partial charge in [0.1, 0.15) is 0 Å². The molecule has 0 amide bonds. The van der Waals surface area contributed by atoms with E-state index < -0.39 is 0 Å². The molecule has 0 unspecified atom stereocenters. The largest absolute Gasteiger partial charge is 0.504 e. The first kappa shape index (κ1) is 12.8. The van der Waals surface area contributed by atoms with Crippen molar-refractivity contribution in [1.82, 2.24) is 0 Å². The van der Waals surface area contributed by atoms with Gasteiger partial charge in [-0.25, -0.2) is 0 Å². The number of methoxy groups -OCH3 is 1. The first-order valence-corrected chi connectivity index (χ1v) is 6.69. The highest BCUT2D eigenvalue weighted by Gasteiger charge is 1.95. The van der Waals surface area contributed by atoms with Crippen LogP contribution in [0, 0.1) is 0 Å². The van der Waals surface area contributed by atoms with Gasteiger partial charge in [-0.15, -0.1) is 0 Å². The molecule has 0 heterocycles. The predicted molar refractivity (Wildman–Crippen MR) is 79.7 cm³/mol. The molecule has 0 N–H and O–H groups in total. The minimum Gasteiger partial charge on any atom is -0.504 e. The van der Waals surface area contributed by atoms with Crippen LogP contribution in [0.15, 0.2) is 70.7 Å². The van der Waals surface area contributed by atoms with Crippen molar-refractivity contribution in [2.75, 3.05) is 7.11 Å². The summed E-state index contributed by atoms with van der Waals surface area (Å²) in [6.07, 6.45) is 3.64. The molecule has 92 valence electrons. The highest BCUT2D eigenvalue weighted by molar-refractivity contribution is 8.02. The minimum absolute atomic E-state index is 1.18. The Balaban J connectivity index is 2.15. The lowest BCUT2D eigenvalue weighted by molar-refractivity contribution is 0.338. The first-order valence-electron chi connectivity index (χ1n) is 5.81. The number of ether oxygens (including phenoxy) is 1. The van der Waals surface area contributed by atoms with E-state index in [0.717, 1.165) is 0 Å². The van der Waals surface area contributed by atoms with Crippen molar-refractivity contribution < 1.29 is 4.74 Å². The number of hydrogen-bond donors (Lipinski definition) is 0. The average molecular weight is 256 g/mol. The normalized spacial score (nSPS) is 12.2. The maximum atomic E-state index is 4.89. The Labute approximate surface area is 112 Å². The Hall–Kier alpha value is -1.67. The maximum Gasteiger partial charge on any atom is 0.0827 e. The smallest absolute Gasteiger partial charge is 0.0827 e. The summed E-state index contributed by atoms with van der Waals surface area (Å²) in [6, 6.07) is 14.9. The number of rotatable bonds is 4. The zero-order valence-electron chi connectivity index (χ0n) is 10.6. The van der Waals surface area contributed by atoms with Crippen LogP contribution >= 0.6 is 11.8 Å². The van der Waals surface area contributed by atoms with Gasteiger partial charge in [-0.05, 0) is 46.9 Å². The molecule has 2 rings (SSSR count). The molecular weight excluding hydrogens is 240 g/mol. The second kappa shape index (κ2) is 6.31. The van der Waals surface area contributed by atoms with Crippen LogP contribution in [0.4, 0.5) is 0 Å². The zero-order valence-corrected chi connectivity index (χ0v) is 11.4. The second-order valence-electron chi connectivity index (χ2n) is 4.03. The quantitative estimate of drug-likeness (QED) is 0.432. The number of fused-ring (bicyclic) bond motifs is 1. The fourth-order valence-corrected chi connectivity index (χ4v) is 2.36. The van der Waals surface area contributed by atoms with Crippen LogP contribution in [-0.2, 0) is 4.74 Å². The van der Waals surface area contributed by atoms with Gasteiger partial charge in [-0.1, -0.05) is 42.1 Å². The van der Waals surface area contributed by atoms with Crippen molar-refractivity contribution in [3.8, 4) is 0 Å². The SMILES string of the molecule is CO/C=C/C(C)=C\Sc1ccc2ccccc2c1. The van der Waals surface area contributed by atoms with Crippen molar-refractivity contribution in [3.63, 3.8) is 0 Å². The lowest BCUT2D eigenvalue weighted by Gasteiger charge is -2.01. The molecule has 0 aromatic heterocycles. The molecule has 0 aliphatic carbocycles. The van der Waals surface area contributed by atoms with Crippen LogP contribution in [0.5, 0.6) is 0 Å². The first-order chi connectivity index (χ1) is 8.79. The standard InChI is InChI=1S/C16H16OS/c1-13(9-10-17-2)12-18-16-8-7-14-5-3-4-6-15(14)11-16/h3-12H,1-2H3/b10-9+,13-12-. The van der Waals surface area contributed by atoms with Crippen LogP contribution < -0.4 is 0 Å². The van der Waals surface area contributed by atoms with E-state index in [1.807, 2.05) is 6.08 Å². The highest BCUT2D eigenvalue weighted by atomic mass is 32.2. The third kappa shape index (κ3) is 3.41. The third-order valence-electron chi connectivity index (χ3n) is 2.57. The molecule has 0 aliphatic heterocycles. The van der Waals surface area contributed by atoms with Gasteiger partial charge in [-0.3, -0.25) is 0 Å². The molecule has 2 aromatic rings. The second-order valence-corrected chi connectivity index (χ2v) is 4.97. The van der Waals surface area contributed by atoms with E-state index in [1.54, 1.807) is 25.1 Å². The van der Waals surface area contributed by atoms with Crippen LogP contribution in [-0.4, -0.2) is 7.11 Å². The van der Waals surface area contributed by atoms with Crippen molar-refractivity contribution in [2.24, 2.45) is 0 Å². The highest BCUT2D eigenvalue weighted by Crippen LogP contribution is 2.25. The van der Waals surface area contributed by atoms with E-state index in [-0.39, 0.29) is 0 Å². The van der Waals surface area contributed by atoms with Gasteiger partial charge < -0.3 is 4.74 Å². The molecule has 0 saturated heterocycles. The molecule has 0 bridgehead atoms. The third-order valence-corrected chi connectivity index (χ3v) is 3.58. The van der Waals surface area contributed by atoms with Crippen molar-refractivity contribution in [2.45, 2.75) is 11.8 Å². The monoisotopic (exact) mass is 256 g/mol. The molecule has 18 heavy (non-hydrogen) atoms. The van der Waals surface area contributed by atoms with Crippen LogP contribution in [0.2, 0.25) is 0 Å². The fraction of sp³-hybridized carbons (Fsp3) is 0.125. The lowest BCUT2D eigenvalue weighted by atomic mass is 10.1. The Morgan fingerprint density at radius 1 is 1.11 bits per heavy atom. The van der Waals surface area contributed by atoms with Crippen molar-refractivity contribution in [1.29, 1.82) is 0 Å².